The van der Waals surface area contributed by atoms with Gasteiger partial charge < -0.3 is 10.2 Å². The number of anilines is 1. The number of aromatic nitrogens is 3. The summed E-state index contributed by atoms with van der Waals surface area (Å²) >= 11 is 0. The van der Waals surface area contributed by atoms with E-state index < -0.39 is 9.84 Å². The first-order valence-corrected chi connectivity index (χ1v) is 10.4. The second kappa shape index (κ2) is 6.68. The number of rotatable bonds is 2. The van der Waals surface area contributed by atoms with Gasteiger partial charge in [-0.1, -0.05) is 6.07 Å². The van der Waals surface area contributed by atoms with Gasteiger partial charge in [-0.25, -0.2) is 18.4 Å². The van der Waals surface area contributed by atoms with Gasteiger partial charge in [-0.2, -0.15) is 0 Å². The first-order valence-electron chi connectivity index (χ1n) is 8.60. The normalized spacial score (nSPS) is 19.9. The molecule has 8 heteroatoms. The molecule has 2 aromatic heterocycles. The third kappa shape index (κ3) is 3.50. The Morgan fingerprint density at radius 2 is 1.84 bits per heavy atom. The van der Waals surface area contributed by atoms with E-state index in [1.807, 2.05) is 18.2 Å². The Labute approximate surface area is 147 Å². The van der Waals surface area contributed by atoms with Crippen molar-refractivity contribution >= 4 is 15.7 Å². The second-order valence-corrected chi connectivity index (χ2v) is 8.70. The highest BCUT2D eigenvalue weighted by Crippen LogP contribution is 2.27. The van der Waals surface area contributed by atoms with Crippen LogP contribution in [-0.4, -0.2) is 61.1 Å². The van der Waals surface area contributed by atoms with Crippen LogP contribution in [0.5, 0.6) is 0 Å². The number of sulfone groups is 1. The molecule has 2 aliphatic heterocycles. The smallest absolute Gasteiger partial charge is 0.180 e. The lowest BCUT2D eigenvalue weighted by molar-refractivity contribution is 0.586. The molecule has 7 nitrogen and oxygen atoms in total. The van der Waals surface area contributed by atoms with Gasteiger partial charge in [0, 0.05) is 37.8 Å². The minimum absolute atomic E-state index is 0.183. The largest absolute Gasteiger partial charge is 0.354 e. The molecule has 0 bridgehead atoms. The van der Waals surface area contributed by atoms with Crippen LogP contribution in [0.2, 0.25) is 0 Å². The maximum atomic E-state index is 11.8. The summed E-state index contributed by atoms with van der Waals surface area (Å²) in [5, 5.41) is 3.40. The van der Waals surface area contributed by atoms with Gasteiger partial charge in [0.25, 0.3) is 0 Å². The molecule has 0 spiro atoms. The molecule has 4 rings (SSSR count). The topological polar surface area (TPSA) is 88.1 Å². The third-order valence-corrected chi connectivity index (χ3v) is 6.31. The van der Waals surface area contributed by atoms with Gasteiger partial charge >= 0.3 is 0 Å². The molecule has 1 saturated heterocycles. The van der Waals surface area contributed by atoms with Crippen molar-refractivity contribution in [1.29, 1.82) is 0 Å². The van der Waals surface area contributed by atoms with E-state index in [-0.39, 0.29) is 11.5 Å². The Morgan fingerprint density at radius 3 is 2.60 bits per heavy atom. The van der Waals surface area contributed by atoms with E-state index in [0.29, 0.717) is 18.9 Å². The lowest BCUT2D eigenvalue weighted by atomic mass is 10.1. The predicted molar refractivity (Wildman–Crippen MR) is 96.4 cm³/mol. The van der Waals surface area contributed by atoms with Gasteiger partial charge in [0.2, 0.25) is 0 Å². The molecule has 2 aliphatic rings. The molecule has 1 N–H and O–H groups in total. The van der Waals surface area contributed by atoms with E-state index in [0.717, 1.165) is 48.7 Å². The highest BCUT2D eigenvalue weighted by atomic mass is 32.2. The maximum Gasteiger partial charge on any atom is 0.180 e. The summed E-state index contributed by atoms with van der Waals surface area (Å²) in [5.74, 6) is 1.86. The Bertz CT molecular complexity index is 856. The van der Waals surface area contributed by atoms with E-state index in [1.54, 1.807) is 6.20 Å². The molecular formula is C17H21N5O2S. The second-order valence-electron chi connectivity index (χ2n) is 6.40. The molecule has 0 aliphatic carbocycles. The molecule has 0 radical (unpaired) electrons. The molecular weight excluding hydrogens is 338 g/mol. The van der Waals surface area contributed by atoms with Crippen molar-refractivity contribution in [2.24, 2.45) is 0 Å². The molecule has 0 unspecified atom stereocenters. The van der Waals surface area contributed by atoms with Crippen molar-refractivity contribution in [2.75, 3.05) is 42.6 Å². The minimum Gasteiger partial charge on any atom is -0.354 e. The van der Waals surface area contributed by atoms with Crippen molar-refractivity contribution in [2.45, 2.75) is 12.8 Å². The maximum absolute atomic E-state index is 11.8. The van der Waals surface area contributed by atoms with Crippen LogP contribution in [0.4, 0.5) is 5.82 Å². The van der Waals surface area contributed by atoms with E-state index in [2.05, 4.69) is 15.2 Å². The van der Waals surface area contributed by atoms with Crippen molar-refractivity contribution < 1.29 is 8.42 Å². The summed E-state index contributed by atoms with van der Waals surface area (Å²) in [7, 11) is -2.92. The number of pyridine rings is 1. The third-order valence-electron chi connectivity index (χ3n) is 4.70. The Hall–Kier alpha value is -2.06. The van der Waals surface area contributed by atoms with Crippen LogP contribution in [0.3, 0.4) is 0 Å². The van der Waals surface area contributed by atoms with E-state index in [4.69, 9.17) is 9.97 Å². The minimum atomic E-state index is -2.92. The number of nitrogens with one attached hydrogen (secondary N) is 1. The molecule has 132 valence electrons. The lowest BCUT2D eigenvalue weighted by Gasteiger charge is -2.30. The van der Waals surface area contributed by atoms with Gasteiger partial charge in [-0.05, 0) is 25.1 Å². The average molecular weight is 359 g/mol. The van der Waals surface area contributed by atoms with Crippen LogP contribution >= 0.6 is 0 Å². The van der Waals surface area contributed by atoms with Gasteiger partial charge in [0.05, 0.1) is 17.2 Å². The monoisotopic (exact) mass is 359 g/mol. The molecule has 0 amide bonds. The Balaban J connectivity index is 1.78. The predicted octanol–water partition coefficient (Wildman–Crippen LogP) is 0.462. The molecule has 25 heavy (non-hydrogen) atoms. The zero-order valence-electron chi connectivity index (χ0n) is 14.0. The highest BCUT2D eigenvalue weighted by Gasteiger charge is 2.27. The first kappa shape index (κ1) is 16.4. The number of fused-ring (bicyclic) bond motifs is 1. The molecule has 1 fully saturated rings. The fourth-order valence-corrected chi connectivity index (χ4v) is 4.52. The molecule has 0 aromatic carbocycles. The van der Waals surface area contributed by atoms with Crippen LogP contribution in [-0.2, 0) is 22.7 Å². The fourth-order valence-electron chi connectivity index (χ4n) is 3.32. The van der Waals surface area contributed by atoms with Crippen molar-refractivity contribution in [3.05, 3.63) is 35.7 Å². The van der Waals surface area contributed by atoms with Crippen LogP contribution in [0.15, 0.2) is 24.4 Å². The van der Waals surface area contributed by atoms with Gasteiger partial charge in [-0.15, -0.1) is 0 Å². The molecule has 0 saturated carbocycles. The van der Waals surface area contributed by atoms with Crippen molar-refractivity contribution in [3.63, 3.8) is 0 Å². The number of hydrogen-bond acceptors (Lipinski definition) is 7. The van der Waals surface area contributed by atoms with Crippen molar-refractivity contribution in [3.8, 4) is 11.5 Å². The van der Waals surface area contributed by atoms with Crippen LogP contribution in [0, 0.1) is 0 Å². The molecule has 4 heterocycles. The lowest BCUT2D eigenvalue weighted by Crippen LogP contribution is -2.41. The summed E-state index contributed by atoms with van der Waals surface area (Å²) < 4.78 is 23.6. The highest BCUT2D eigenvalue weighted by molar-refractivity contribution is 7.91. The van der Waals surface area contributed by atoms with E-state index in [9.17, 15) is 8.42 Å². The zero-order chi connectivity index (χ0) is 17.3. The quantitative estimate of drug-likeness (QED) is 0.833. The van der Waals surface area contributed by atoms with Crippen LogP contribution < -0.4 is 10.2 Å². The number of hydrogen-bond donors (Lipinski definition) is 1. The van der Waals surface area contributed by atoms with Crippen molar-refractivity contribution in [1.82, 2.24) is 20.3 Å². The molecule has 0 atom stereocenters. The summed E-state index contributed by atoms with van der Waals surface area (Å²) in [6.45, 7) is 2.75. The van der Waals surface area contributed by atoms with E-state index >= 15 is 0 Å². The SMILES string of the molecule is O=S1(=O)CCN(c2nc(-c3ccccn3)nc3c2CCNCC3)CC1. The Kier molecular flexibility index (Phi) is 4.39. The van der Waals surface area contributed by atoms with Gasteiger partial charge in [-0.3, -0.25) is 4.98 Å². The van der Waals surface area contributed by atoms with Gasteiger partial charge in [0.15, 0.2) is 15.7 Å². The van der Waals surface area contributed by atoms with Gasteiger partial charge in [0.1, 0.15) is 11.5 Å². The summed E-state index contributed by atoms with van der Waals surface area (Å²) in [4.78, 5) is 16.0. The summed E-state index contributed by atoms with van der Waals surface area (Å²) in [6.07, 6.45) is 3.44. The summed E-state index contributed by atoms with van der Waals surface area (Å²) in [5.41, 5.74) is 2.93. The zero-order valence-corrected chi connectivity index (χ0v) is 14.8. The number of nitrogens with zero attached hydrogens (tertiary/aromatic N) is 4. The van der Waals surface area contributed by atoms with Crippen LogP contribution in [0.1, 0.15) is 11.3 Å². The standard InChI is InChI=1S/C17H21N5O2S/c23-25(24)11-9-22(10-12-25)17-13-4-7-18-8-5-14(13)20-16(21-17)15-3-1-2-6-19-15/h1-3,6,18H,4-5,7-12H2. The Morgan fingerprint density at radius 1 is 1.04 bits per heavy atom. The molecule has 2 aromatic rings. The van der Waals surface area contributed by atoms with E-state index in [1.165, 1.54) is 0 Å². The fraction of sp³-hybridized carbons (Fsp3) is 0.471. The average Bonchev–Trinajstić information content (AvgIpc) is 2.87. The summed E-state index contributed by atoms with van der Waals surface area (Å²) in [6, 6.07) is 5.69. The first-order chi connectivity index (χ1) is 12.1. The van der Waals surface area contributed by atoms with Crippen LogP contribution in [0.25, 0.3) is 11.5 Å².